The summed E-state index contributed by atoms with van der Waals surface area (Å²) in [6.07, 6.45) is 2.84. The first-order chi connectivity index (χ1) is 11.8. The van der Waals surface area contributed by atoms with Crippen molar-refractivity contribution in [2.75, 3.05) is 33.5 Å². The van der Waals surface area contributed by atoms with Crippen LogP contribution in [-0.2, 0) is 23.7 Å². The molecular weight excluding hydrogens is 324 g/mol. The Morgan fingerprint density at radius 3 is 2.60 bits per heavy atom. The van der Waals surface area contributed by atoms with E-state index in [9.17, 15) is 0 Å². The van der Waals surface area contributed by atoms with Crippen molar-refractivity contribution in [3.8, 4) is 0 Å². The molecule has 0 N–H and O–H groups in total. The maximum atomic E-state index is 6.18. The molecule has 0 bridgehead atoms. The Labute approximate surface area is 150 Å². The van der Waals surface area contributed by atoms with Crippen LogP contribution in [-0.4, -0.2) is 74.0 Å². The number of hydrogen-bond donors (Lipinski definition) is 0. The molecule has 7 nitrogen and oxygen atoms in total. The highest BCUT2D eigenvalue weighted by atomic mass is 16.7. The quantitative estimate of drug-likeness (QED) is 0.752. The Morgan fingerprint density at radius 2 is 1.92 bits per heavy atom. The first kappa shape index (κ1) is 19.0. The predicted octanol–water partition coefficient (Wildman–Crippen LogP) is 2.15. The van der Waals surface area contributed by atoms with Gasteiger partial charge >= 0.3 is 0 Å². The summed E-state index contributed by atoms with van der Waals surface area (Å²) >= 11 is 0. The Kier molecular flexibility index (Phi) is 5.70. The van der Waals surface area contributed by atoms with Crippen LogP contribution in [0.2, 0.25) is 0 Å². The van der Waals surface area contributed by atoms with Gasteiger partial charge in [0.1, 0.15) is 6.10 Å². The van der Waals surface area contributed by atoms with Crippen molar-refractivity contribution < 1.29 is 23.7 Å². The normalized spacial score (nSPS) is 36.3. The van der Waals surface area contributed by atoms with Crippen LogP contribution >= 0.6 is 0 Å². The fraction of sp³-hybridized carbons (Fsp3) is 0.944. The summed E-state index contributed by atoms with van der Waals surface area (Å²) in [4.78, 5) is 0. The van der Waals surface area contributed by atoms with Gasteiger partial charge in [-0.25, -0.2) is 0 Å². The third-order valence-electron chi connectivity index (χ3n) is 4.87. The SMILES string of the molecule is COC[C@@H]1CCCN1/N=C1\COC(C)(C)O[C@H]1C[C@H]1COC(C)(C)O1. The minimum absolute atomic E-state index is 0.00690. The predicted molar refractivity (Wildman–Crippen MR) is 93.5 cm³/mol. The molecule has 0 aliphatic carbocycles. The van der Waals surface area contributed by atoms with Gasteiger partial charge in [-0.15, -0.1) is 0 Å². The molecular formula is C18H32N2O5. The number of rotatable bonds is 5. The first-order valence-electron chi connectivity index (χ1n) is 9.24. The average Bonchev–Trinajstić information content (AvgIpc) is 3.08. The Morgan fingerprint density at radius 1 is 1.16 bits per heavy atom. The van der Waals surface area contributed by atoms with Gasteiger partial charge < -0.3 is 23.7 Å². The van der Waals surface area contributed by atoms with E-state index in [1.54, 1.807) is 7.11 Å². The largest absolute Gasteiger partial charge is 0.382 e. The summed E-state index contributed by atoms with van der Waals surface area (Å²) < 4.78 is 29.0. The van der Waals surface area contributed by atoms with Crippen LogP contribution in [0, 0.1) is 0 Å². The van der Waals surface area contributed by atoms with Crippen LogP contribution in [0.25, 0.3) is 0 Å². The third-order valence-corrected chi connectivity index (χ3v) is 4.87. The van der Waals surface area contributed by atoms with E-state index in [-0.39, 0.29) is 12.2 Å². The molecule has 25 heavy (non-hydrogen) atoms. The van der Waals surface area contributed by atoms with E-state index in [0.29, 0.717) is 25.9 Å². The molecule has 3 aliphatic rings. The molecule has 0 saturated carbocycles. The Balaban J connectivity index is 1.70. The first-order valence-corrected chi connectivity index (χ1v) is 9.24. The second-order valence-electron chi connectivity index (χ2n) is 7.99. The van der Waals surface area contributed by atoms with Crippen molar-refractivity contribution in [2.24, 2.45) is 5.10 Å². The molecule has 0 aromatic rings. The van der Waals surface area contributed by atoms with Crippen molar-refractivity contribution in [3.05, 3.63) is 0 Å². The standard InChI is InChI=1S/C18H32N2O5/c1-17(2)22-11-14(24-17)9-16-15(12-23-18(3,4)25-16)19-20-8-6-7-13(20)10-21-5/h13-14,16H,6-12H2,1-5H3/b19-15+/t13-,14-,16-/m0/s1. The number of methoxy groups -OCH3 is 1. The molecule has 3 rings (SSSR count). The third kappa shape index (κ3) is 4.92. The van der Waals surface area contributed by atoms with E-state index in [4.69, 9.17) is 28.8 Å². The summed E-state index contributed by atoms with van der Waals surface area (Å²) in [6.45, 7) is 10.5. The molecule has 3 heterocycles. The molecule has 7 heteroatoms. The van der Waals surface area contributed by atoms with Gasteiger partial charge in [-0.3, -0.25) is 5.01 Å². The van der Waals surface area contributed by atoms with Crippen molar-refractivity contribution in [2.45, 2.75) is 76.8 Å². The van der Waals surface area contributed by atoms with Gasteiger partial charge in [0.25, 0.3) is 0 Å². The van der Waals surface area contributed by atoms with Crippen LogP contribution in [0.3, 0.4) is 0 Å². The highest BCUT2D eigenvalue weighted by molar-refractivity contribution is 5.90. The molecule has 3 saturated heterocycles. The highest BCUT2D eigenvalue weighted by Gasteiger charge is 2.40. The van der Waals surface area contributed by atoms with Crippen LogP contribution in [0.1, 0.15) is 47.0 Å². The second kappa shape index (κ2) is 7.48. The lowest BCUT2D eigenvalue weighted by molar-refractivity contribution is -0.239. The topological polar surface area (TPSA) is 61.8 Å². The summed E-state index contributed by atoms with van der Waals surface area (Å²) in [5, 5.41) is 7.02. The zero-order chi connectivity index (χ0) is 18.1. The van der Waals surface area contributed by atoms with Crippen molar-refractivity contribution >= 4 is 5.71 Å². The van der Waals surface area contributed by atoms with E-state index in [1.165, 1.54) is 0 Å². The van der Waals surface area contributed by atoms with Crippen molar-refractivity contribution in [1.82, 2.24) is 5.01 Å². The molecule has 0 aromatic carbocycles. The van der Waals surface area contributed by atoms with E-state index < -0.39 is 11.6 Å². The fourth-order valence-corrected chi connectivity index (χ4v) is 3.66. The number of hydrazone groups is 1. The number of ether oxygens (including phenoxy) is 5. The second-order valence-corrected chi connectivity index (χ2v) is 7.99. The van der Waals surface area contributed by atoms with Gasteiger partial charge in [-0.2, -0.15) is 5.10 Å². The molecule has 144 valence electrons. The van der Waals surface area contributed by atoms with Gasteiger partial charge in [0, 0.05) is 20.1 Å². The van der Waals surface area contributed by atoms with Crippen molar-refractivity contribution in [1.29, 1.82) is 0 Å². The van der Waals surface area contributed by atoms with Gasteiger partial charge in [-0.05, 0) is 40.5 Å². The molecule has 0 amide bonds. The fourth-order valence-electron chi connectivity index (χ4n) is 3.66. The monoisotopic (exact) mass is 356 g/mol. The zero-order valence-corrected chi connectivity index (χ0v) is 16.1. The molecule has 0 spiro atoms. The zero-order valence-electron chi connectivity index (χ0n) is 16.1. The van der Waals surface area contributed by atoms with E-state index in [2.05, 4.69) is 5.01 Å². The molecule has 3 aliphatic heterocycles. The lowest BCUT2D eigenvalue weighted by Crippen LogP contribution is -2.48. The lowest BCUT2D eigenvalue weighted by Gasteiger charge is -2.38. The van der Waals surface area contributed by atoms with E-state index >= 15 is 0 Å². The van der Waals surface area contributed by atoms with E-state index in [1.807, 2.05) is 27.7 Å². The smallest absolute Gasteiger partial charge is 0.164 e. The molecule has 3 atom stereocenters. The summed E-state index contributed by atoms with van der Waals surface area (Å²) in [6, 6.07) is 0.332. The average molecular weight is 356 g/mol. The van der Waals surface area contributed by atoms with Gasteiger partial charge in [0.15, 0.2) is 11.6 Å². The maximum absolute atomic E-state index is 6.18. The maximum Gasteiger partial charge on any atom is 0.164 e. The summed E-state index contributed by atoms with van der Waals surface area (Å²) in [7, 11) is 1.74. The Bertz CT molecular complexity index is 494. The Hall–Kier alpha value is -0.730. The molecule has 0 radical (unpaired) electrons. The molecule has 0 unspecified atom stereocenters. The highest BCUT2D eigenvalue weighted by Crippen LogP contribution is 2.30. The van der Waals surface area contributed by atoms with Crippen LogP contribution in [0.5, 0.6) is 0 Å². The number of nitrogens with zero attached hydrogens (tertiary/aromatic N) is 2. The van der Waals surface area contributed by atoms with Gasteiger partial charge in [0.2, 0.25) is 0 Å². The number of hydrogen-bond acceptors (Lipinski definition) is 7. The van der Waals surface area contributed by atoms with Gasteiger partial charge in [0.05, 0.1) is 37.7 Å². The lowest BCUT2D eigenvalue weighted by atomic mass is 10.1. The summed E-state index contributed by atoms with van der Waals surface area (Å²) in [5.41, 5.74) is 0.927. The van der Waals surface area contributed by atoms with Gasteiger partial charge in [-0.1, -0.05) is 0 Å². The molecule has 3 fully saturated rings. The van der Waals surface area contributed by atoms with Crippen molar-refractivity contribution in [3.63, 3.8) is 0 Å². The van der Waals surface area contributed by atoms with Crippen LogP contribution in [0.4, 0.5) is 0 Å². The minimum Gasteiger partial charge on any atom is -0.382 e. The van der Waals surface area contributed by atoms with Crippen LogP contribution < -0.4 is 0 Å². The summed E-state index contributed by atoms with van der Waals surface area (Å²) in [5.74, 6) is -1.14. The van der Waals surface area contributed by atoms with Crippen LogP contribution in [0.15, 0.2) is 5.10 Å². The molecule has 0 aromatic heterocycles. The van der Waals surface area contributed by atoms with E-state index in [0.717, 1.165) is 31.5 Å². The minimum atomic E-state index is -0.615.